The van der Waals surface area contributed by atoms with E-state index in [4.69, 9.17) is 10.5 Å². The number of hydrogen-bond donors (Lipinski definition) is 2. The lowest BCUT2D eigenvalue weighted by atomic mass is 9.63. The molecule has 78 valence electrons. The fraction of sp³-hybridized carbons (Fsp3) is 1.00. The van der Waals surface area contributed by atoms with Crippen LogP contribution < -0.4 is 5.73 Å². The molecule has 0 aromatic carbocycles. The van der Waals surface area contributed by atoms with E-state index >= 15 is 0 Å². The first-order valence-electron chi connectivity index (χ1n) is 4.74. The van der Waals surface area contributed by atoms with Crippen molar-refractivity contribution in [3.8, 4) is 0 Å². The van der Waals surface area contributed by atoms with Gasteiger partial charge in [0.1, 0.15) is 0 Å². The number of aliphatic hydroxyl groups excluding tert-OH is 1. The van der Waals surface area contributed by atoms with E-state index < -0.39 is 0 Å². The summed E-state index contributed by atoms with van der Waals surface area (Å²) in [7, 11) is 0. The van der Waals surface area contributed by atoms with Crippen molar-refractivity contribution in [3.63, 3.8) is 0 Å². The summed E-state index contributed by atoms with van der Waals surface area (Å²) in [6, 6.07) is 0. The third kappa shape index (κ3) is 2.15. The van der Waals surface area contributed by atoms with Gasteiger partial charge in [-0.1, -0.05) is 0 Å². The van der Waals surface area contributed by atoms with Crippen molar-refractivity contribution in [2.24, 2.45) is 11.1 Å². The Morgan fingerprint density at radius 1 is 1.46 bits per heavy atom. The van der Waals surface area contributed by atoms with Crippen LogP contribution in [-0.2, 0) is 4.74 Å². The zero-order valence-electron chi connectivity index (χ0n) is 7.74. The molecule has 1 aliphatic heterocycles. The summed E-state index contributed by atoms with van der Waals surface area (Å²) >= 11 is 0. The Morgan fingerprint density at radius 2 is 2.15 bits per heavy atom. The number of nitrogens with two attached hydrogens (primary N) is 1. The summed E-state index contributed by atoms with van der Waals surface area (Å²) in [5, 5.41) is 9.21. The number of rotatable bonds is 1. The van der Waals surface area contributed by atoms with Crippen molar-refractivity contribution < 1.29 is 9.84 Å². The Balaban J connectivity index is 0.000000845. The highest BCUT2D eigenvalue weighted by Gasteiger charge is 2.45. The molecule has 3 nitrogen and oxygen atoms in total. The lowest BCUT2D eigenvalue weighted by molar-refractivity contribution is -0.137. The van der Waals surface area contributed by atoms with Crippen LogP contribution >= 0.6 is 12.4 Å². The number of hydrogen-bond acceptors (Lipinski definition) is 3. The van der Waals surface area contributed by atoms with Crippen LogP contribution in [0, 0.1) is 5.41 Å². The molecule has 13 heavy (non-hydrogen) atoms. The minimum absolute atomic E-state index is 0. The molecule has 1 spiro atoms. The van der Waals surface area contributed by atoms with Gasteiger partial charge in [0.15, 0.2) is 0 Å². The van der Waals surface area contributed by atoms with E-state index in [1.165, 1.54) is 6.42 Å². The maximum Gasteiger partial charge on any atom is 0.0697 e. The molecule has 1 heterocycles. The minimum Gasteiger partial charge on any atom is -0.393 e. The van der Waals surface area contributed by atoms with Gasteiger partial charge in [0.2, 0.25) is 0 Å². The van der Waals surface area contributed by atoms with Crippen molar-refractivity contribution in [2.75, 3.05) is 13.2 Å². The summed E-state index contributed by atoms with van der Waals surface area (Å²) in [6.45, 7) is 1.45. The summed E-state index contributed by atoms with van der Waals surface area (Å²) < 4.78 is 5.60. The predicted molar refractivity (Wildman–Crippen MR) is 53.0 cm³/mol. The van der Waals surface area contributed by atoms with E-state index in [1.54, 1.807) is 0 Å². The number of halogens is 1. The number of ether oxygens (including phenoxy) is 1. The molecule has 1 saturated heterocycles. The SMILES string of the molecule is Cl.NCC1CCC2(CO1)CC(O)C2. The zero-order valence-corrected chi connectivity index (χ0v) is 8.55. The third-order valence-electron chi connectivity index (χ3n) is 3.22. The van der Waals surface area contributed by atoms with Gasteiger partial charge in [0, 0.05) is 6.54 Å². The molecule has 1 saturated carbocycles. The van der Waals surface area contributed by atoms with E-state index in [9.17, 15) is 5.11 Å². The van der Waals surface area contributed by atoms with Crippen LogP contribution in [0.1, 0.15) is 25.7 Å². The Labute approximate surface area is 85.0 Å². The minimum atomic E-state index is -0.0666. The topological polar surface area (TPSA) is 55.5 Å². The Morgan fingerprint density at radius 3 is 2.54 bits per heavy atom. The Hall–Kier alpha value is 0.170. The molecule has 4 heteroatoms. The summed E-state index contributed by atoms with van der Waals surface area (Å²) in [6.07, 6.45) is 4.33. The van der Waals surface area contributed by atoms with Gasteiger partial charge < -0.3 is 15.6 Å². The first kappa shape index (κ1) is 11.2. The molecule has 3 N–H and O–H groups in total. The van der Waals surface area contributed by atoms with Crippen LogP contribution in [0.25, 0.3) is 0 Å². The average molecular weight is 208 g/mol. The molecule has 0 radical (unpaired) electrons. The molecule has 0 amide bonds. The van der Waals surface area contributed by atoms with Crippen LogP contribution in [0.4, 0.5) is 0 Å². The van der Waals surface area contributed by atoms with E-state index in [1.807, 2.05) is 0 Å². The van der Waals surface area contributed by atoms with Gasteiger partial charge in [0.25, 0.3) is 0 Å². The monoisotopic (exact) mass is 207 g/mol. The van der Waals surface area contributed by atoms with E-state index in [0.29, 0.717) is 12.0 Å². The van der Waals surface area contributed by atoms with Crippen LogP contribution in [0.15, 0.2) is 0 Å². The first-order chi connectivity index (χ1) is 5.74. The van der Waals surface area contributed by atoms with Crippen LogP contribution in [0.5, 0.6) is 0 Å². The van der Waals surface area contributed by atoms with Crippen LogP contribution in [0.3, 0.4) is 0 Å². The zero-order chi connectivity index (χ0) is 8.60. The second-order valence-corrected chi connectivity index (χ2v) is 4.27. The van der Waals surface area contributed by atoms with Crippen molar-refractivity contribution in [1.29, 1.82) is 0 Å². The Kier molecular flexibility index (Phi) is 3.57. The maximum absolute atomic E-state index is 9.21. The molecular formula is C9H18ClNO2. The van der Waals surface area contributed by atoms with Crippen LogP contribution in [0.2, 0.25) is 0 Å². The van der Waals surface area contributed by atoms with Gasteiger partial charge >= 0.3 is 0 Å². The predicted octanol–water partition coefficient (Wildman–Crippen LogP) is 0.687. The van der Waals surface area contributed by atoms with Gasteiger partial charge in [0.05, 0.1) is 18.8 Å². The molecule has 1 unspecified atom stereocenters. The van der Waals surface area contributed by atoms with Gasteiger partial charge in [-0.2, -0.15) is 0 Å². The largest absolute Gasteiger partial charge is 0.393 e. The molecule has 2 fully saturated rings. The number of aliphatic hydroxyl groups is 1. The molecule has 2 aliphatic rings. The van der Waals surface area contributed by atoms with Crippen molar-refractivity contribution >= 4 is 12.4 Å². The standard InChI is InChI=1S/C9H17NO2.ClH/c10-5-8-1-2-9(6-12-8)3-7(11)4-9;/h7-8,11H,1-6,10H2;1H. The van der Waals surface area contributed by atoms with Crippen molar-refractivity contribution in [1.82, 2.24) is 0 Å². The van der Waals surface area contributed by atoms with Crippen LogP contribution in [-0.4, -0.2) is 30.5 Å². The second-order valence-electron chi connectivity index (χ2n) is 4.27. The van der Waals surface area contributed by atoms with E-state index in [0.717, 1.165) is 25.9 Å². The molecule has 1 aliphatic carbocycles. The van der Waals surface area contributed by atoms with Crippen molar-refractivity contribution in [2.45, 2.75) is 37.9 Å². The normalized spacial score (nSPS) is 43.8. The lowest BCUT2D eigenvalue weighted by Gasteiger charge is -2.49. The fourth-order valence-corrected chi connectivity index (χ4v) is 2.37. The second kappa shape index (κ2) is 4.13. The van der Waals surface area contributed by atoms with Crippen molar-refractivity contribution in [3.05, 3.63) is 0 Å². The Bertz CT molecular complexity index is 161. The highest BCUT2D eigenvalue weighted by atomic mass is 35.5. The van der Waals surface area contributed by atoms with E-state index in [2.05, 4.69) is 0 Å². The fourth-order valence-electron chi connectivity index (χ4n) is 2.37. The van der Waals surface area contributed by atoms with Gasteiger partial charge in [-0.05, 0) is 31.1 Å². The molecule has 0 aromatic rings. The van der Waals surface area contributed by atoms with Gasteiger partial charge in [-0.25, -0.2) is 0 Å². The highest BCUT2D eigenvalue weighted by molar-refractivity contribution is 5.85. The van der Waals surface area contributed by atoms with E-state index in [-0.39, 0.29) is 24.6 Å². The smallest absolute Gasteiger partial charge is 0.0697 e. The molecule has 1 atom stereocenters. The molecular weight excluding hydrogens is 190 g/mol. The average Bonchev–Trinajstić information content (AvgIpc) is 2.04. The maximum atomic E-state index is 9.21. The highest BCUT2D eigenvalue weighted by Crippen LogP contribution is 2.47. The lowest BCUT2D eigenvalue weighted by Crippen LogP contribution is -2.49. The summed E-state index contributed by atoms with van der Waals surface area (Å²) in [4.78, 5) is 0. The summed E-state index contributed by atoms with van der Waals surface area (Å²) in [5.41, 5.74) is 5.83. The quantitative estimate of drug-likeness (QED) is 0.665. The molecule has 0 bridgehead atoms. The molecule has 0 aromatic heterocycles. The first-order valence-corrected chi connectivity index (χ1v) is 4.74. The molecule has 2 rings (SSSR count). The third-order valence-corrected chi connectivity index (χ3v) is 3.22. The van der Waals surface area contributed by atoms with Gasteiger partial charge in [-0.3, -0.25) is 0 Å². The summed E-state index contributed by atoms with van der Waals surface area (Å²) in [5.74, 6) is 0. The van der Waals surface area contributed by atoms with Gasteiger partial charge in [-0.15, -0.1) is 12.4 Å².